The van der Waals surface area contributed by atoms with Gasteiger partial charge in [0.1, 0.15) is 5.52 Å². The Morgan fingerprint density at radius 1 is 1.09 bits per heavy atom. The Morgan fingerprint density at radius 2 is 1.88 bits per heavy atom. The summed E-state index contributed by atoms with van der Waals surface area (Å²) in [5, 5.41) is 3.91. The fourth-order valence-corrected chi connectivity index (χ4v) is 4.77. The molecule has 0 saturated heterocycles. The van der Waals surface area contributed by atoms with Gasteiger partial charge in [-0.05, 0) is 24.1 Å². The van der Waals surface area contributed by atoms with Crippen molar-refractivity contribution in [3.05, 3.63) is 76.2 Å². The molecular weight excluding hydrogens is 423 g/mol. The van der Waals surface area contributed by atoms with Crippen LogP contribution in [0.25, 0.3) is 11.2 Å². The Kier molecular flexibility index (Phi) is 6.61. The van der Waals surface area contributed by atoms with Gasteiger partial charge in [0.15, 0.2) is 22.9 Å². The number of imidazole rings is 1. The normalized spacial score (nSPS) is 11.6. The van der Waals surface area contributed by atoms with Gasteiger partial charge in [0, 0.05) is 12.1 Å². The predicted molar refractivity (Wildman–Crippen MR) is 129 cm³/mol. The Labute approximate surface area is 186 Å². The van der Waals surface area contributed by atoms with Crippen LogP contribution in [0.2, 0.25) is 0 Å². The molecule has 32 heavy (non-hydrogen) atoms. The van der Waals surface area contributed by atoms with E-state index in [0.717, 1.165) is 35.8 Å². The number of hydrogen-bond acceptors (Lipinski definition) is 6. The van der Waals surface area contributed by atoms with Crippen molar-refractivity contribution in [2.45, 2.75) is 32.5 Å². The molecular formula is C23H26N6O2P+. The van der Waals surface area contributed by atoms with Crippen LogP contribution in [-0.4, -0.2) is 26.1 Å². The topological polar surface area (TPSA) is 119 Å². The van der Waals surface area contributed by atoms with Gasteiger partial charge in [-0.3, -0.25) is 4.57 Å². The minimum absolute atomic E-state index is 0.226. The van der Waals surface area contributed by atoms with E-state index in [9.17, 15) is 9.36 Å². The smallest absolute Gasteiger partial charge is 0.381 e. The number of nitrogens with zero attached hydrogens (tertiary/aromatic N) is 3. The molecule has 0 aliphatic heterocycles. The van der Waals surface area contributed by atoms with Gasteiger partial charge in [0.25, 0.3) is 0 Å². The first kappa shape index (κ1) is 21.7. The van der Waals surface area contributed by atoms with Gasteiger partial charge < -0.3 is 16.0 Å². The Balaban J connectivity index is 1.60. The number of fused-ring (bicyclic) bond motifs is 1. The van der Waals surface area contributed by atoms with Crippen LogP contribution in [0.15, 0.2) is 59.4 Å². The molecule has 0 aliphatic rings. The fraction of sp³-hybridized carbons (Fsp3) is 0.261. The van der Waals surface area contributed by atoms with E-state index in [1.807, 2.05) is 54.6 Å². The van der Waals surface area contributed by atoms with Crippen LogP contribution in [0.4, 0.5) is 11.8 Å². The first-order chi connectivity index (χ1) is 15.5. The summed E-state index contributed by atoms with van der Waals surface area (Å²) >= 11 is 0. The minimum atomic E-state index is -1.59. The van der Waals surface area contributed by atoms with E-state index in [1.165, 1.54) is 4.57 Å². The third-order valence-corrected chi connectivity index (χ3v) is 6.68. The molecule has 4 aromatic rings. The van der Waals surface area contributed by atoms with Gasteiger partial charge in [0.05, 0.1) is 6.54 Å². The second-order valence-corrected chi connectivity index (χ2v) is 9.21. The zero-order chi connectivity index (χ0) is 22.5. The van der Waals surface area contributed by atoms with Gasteiger partial charge in [-0.15, -0.1) is 0 Å². The second-order valence-electron chi connectivity index (χ2n) is 7.62. The number of hydrogen-bond donors (Lipinski definition) is 3. The average Bonchev–Trinajstić information content (AvgIpc) is 3.11. The summed E-state index contributed by atoms with van der Waals surface area (Å²) in [6.07, 6.45) is 2.50. The Morgan fingerprint density at radius 3 is 2.66 bits per heavy atom. The zero-order valence-corrected chi connectivity index (χ0v) is 18.8. The molecule has 164 valence electrons. The number of unbranched alkanes of at least 4 members (excludes halogenated alkanes) is 1. The molecule has 4 rings (SSSR count). The number of H-pyrrole nitrogens is 1. The van der Waals surface area contributed by atoms with Crippen LogP contribution in [0, 0.1) is 0 Å². The van der Waals surface area contributed by atoms with Gasteiger partial charge in [-0.2, -0.15) is 9.97 Å². The highest BCUT2D eigenvalue weighted by Gasteiger charge is 2.21. The van der Waals surface area contributed by atoms with Crippen molar-refractivity contribution in [3.8, 4) is 0 Å². The van der Waals surface area contributed by atoms with E-state index < -0.39 is 7.80 Å². The van der Waals surface area contributed by atoms with E-state index in [1.54, 1.807) is 0 Å². The number of nitrogen functional groups attached to an aromatic ring is 1. The van der Waals surface area contributed by atoms with Crippen molar-refractivity contribution in [2.75, 3.05) is 17.6 Å². The molecule has 2 aromatic heterocycles. The molecule has 8 nitrogen and oxygen atoms in total. The minimum Gasteiger partial charge on any atom is -0.382 e. The highest BCUT2D eigenvalue weighted by atomic mass is 31.1. The van der Waals surface area contributed by atoms with Gasteiger partial charge >= 0.3 is 13.5 Å². The standard InChI is InChI=1S/C23H25N6O2P/c1-2-3-12-25-22-27-20(24)19-21(28-22)29(23(30)26-19)14-17-10-7-11-18(13-17)32(31)15-16-8-5-4-6-9-16/h4-11,13H,2-3,12,14-15H2,1H3,(H3-,24,25,26,27,28,30)/p+1. The van der Waals surface area contributed by atoms with Gasteiger partial charge in [-0.1, -0.05) is 60.4 Å². The van der Waals surface area contributed by atoms with Gasteiger partial charge in [-0.25, -0.2) is 4.79 Å². The molecule has 1 unspecified atom stereocenters. The number of anilines is 2. The summed E-state index contributed by atoms with van der Waals surface area (Å²) in [4.78, 5) is 24.1. The molecule has 0 fully saturated rings. The lowest BCUT2D eigenvalue weighted by Crippen LogP contribution is -2.18. The summed E-state index contributed by atoms with van der Waals surface area (Å²) in [5.74, 6) is 0.625. The molecule has 2 aromatic carbocycles. The summed E-state index contributed by atoms with van der Waals surface area (Å²) in [5.41, 5.74) is 8.50. The van der Waals surface area contributed by atoms with Crippen molar-refractivity contribution >= 4 is 36.0 Å². The van der Waals surface area contributed by atoms with E-state index in [4.69, 9.17) is 5.73 Å². The summed E-state index contributed by atoms with van der Waals surface area (Å²) in [6, 6.07) is 17.3. The maximum atomic E-state index is 12.9. The molecule has 0 spiro atoms. The van der Waals surface area contributed by atoms with E-state index in [2.05, 4.69) is 27.2 Å². The van der Waals surface area contributed by atoms with E-state index in [-0.39, 0.29) is 18.1 Å². The van der Waals surface area contributed by atoms with E-state index >= 15 is 0 Å². The van der Waals surface area contributed by atoms with Crippen molar-refractivity contribution in [1.29, 1.82) is 0 Å². The lowest BCUT2D eigenvalue weighted by Gasteiger charge is -2.07. The first-order valence-electron chi connectivity index (χ1n) is 10.6. The second kappa shape index (κ2) is 9.75. The van der Waals surface area contributed by atoms with Crippen LogP contribution in [0.3, 0.4) is 0 Å². The molecule has 9 heteroatoms. The zero-order valence-electron chi connectivity index (χ0n) is 17.9. The maximum absolute atomic E-state index is 12.9. The SMILES string of the molecule is CCCCNc1nc(N)c2[nH]c(=O)n(Cc3cccc([P+](=O)Cc4ccccc4)c3)c2n1. The molecule has 0 saturated carbocycles. The number of nitrogens with two attached hydrogens (primary N) is 1. The van der Waals surface area contributed by atoms with Crippen LogP contribution in [-0.2, 0) is 17.3 Å². The molecule has 0 radical (unpaired) electrons. The third kappa shape index (κ3) is 4.86. The Hall–Kier alpha value is -3.51. The van der Waals surface area contributed by atoms with Crippen molar-refractivity contribution < 1.29 is 4.57 Å². The highest BCUT2D eigenvalue weighted by Crippen LogP contribution is 2.26. The third-order valence-electron chi connectivity index (χ3n) is 5.17. The number of nitrogens with one attached hydrogen (secondary N) is 2. The largest absolute Gasteiger partial charge is 0.382 e. The molecule has 1 atom stereocenters. The van der Waals surface area contributed by atoms with Crippen LogP contribution < -0.4 is 22.0 Å². The average molecular weight is 449 g/mol. The summed E-state index contributed by atoms with van der Waals surface area (Å²) in [6.45, 7) is 3.12. The monoisotopic (exact) mass is 449 g/mol. The highest BCUT2D eigenvalue weighted by molar-refractivity contribution is 7.52. The number of aromatic amines is 1. The lowest BCUT2D eigenvalue weighted by molar-refractivity contribution is 0.592. The van der Waals surface area contributed by atoms with Crippen molar-refractivity contribution in [2.24, 2.45) is 0 Å². The first-order valence-corrected chi connectivity index (χ1v) is 12.1. The van der Waals surface area contributed by atoms with Crippen molar-refractivity contribution in [1.82, 2.24) is 19.5 Å². The molecule has 0 aliphatic carbocycles. The fourth-order valence-electron chi connectivity index (χ4n) is 3.49. The van der Waals surface area contributed by atoms with Crippen molar-refractivity contribution in [3.63, 3.8) is 0 Å². The predicted octanol–water partition coefficient (Wildman–Crippen LogP) is 3.62. The quantitative estimate of drug-likeness (QED) is 0.265. The molecule has 4 N–H and O–H groups in total. The van der Waals surface area contributed by atoms with Crippen LogP contribution in [0.5, 0.6) is 0 Å². The maximum Gasteiger partial charge on any atom is 0.381 e. The summed E-state index contributed by atoms with van der Waals surface area (Å²) in [7, 11) is -1.59. The Bertz CT molecular complexity index is 1300. The van der Waals surface area contributed by atoms with Crippen LogP contribution in [0.1, 0.15) is 30.9 Å². The molecule has 0 bridgehead atoms. The van der Waals surface area contributed by atoms with E-state index in [0.29, 0.717) is 23.3 Å². The van der Waals surface area contributed by atoms with Gasteiger partial charge in [0.2, 0.25) is 5.95 Å². The number of aromatic nitrogens is 4. The number of benzene rings is 2. The molecule has 0 amide bonds. The lowest BCUT2D eigenvalue weighted by atomic mass is 10.2. The van der Waals surface area contributed by atoms with Crippen LogP contribution >= 0.6 is 7.80 Å². The molecule has 2 heterocycles. The summed E-state index contributed by atoms with van der Waals surface area (Å²) < 4.78 is 14.4. The number of rotatable bonds is 9.